The van der Waals surface area contributed by atoms with Crippen molar-refractivity contribution in [3.8, 4) is 77.9 Å². The van der Waals surface area contributed by atoms with Crippen LogP contribution in [0.3, 0.4) is 0 Å². The third-order valence-corrected chi connectivity index (χ3v) is 24.3. The average molecular weight is 1300 g/mol. The van der Waals surface area contributed by atoms with Gasteiger partial charge in [-0.25, -0.2) is 0 Å². The summed E-state index contributed by atoms with van der Waals surface area (Å²) >= 11 is 0. The molecular weight excluding hydrogens is 1240 g/mol. The Labute approximate surface area is 598 Å². The van der Waals surface area contributed by atoms with Crippen LogP contribution >= 0.6 is 0 Å². The van der Waals surface area contributed by atoms with Crippen molar-refractivity contribution < 1.29 is 0 Å². The molecule has 0 radical (unpaired) electrons. The quantitative estimate of drug-likeness (QED) is 0.159. The van der Waals surface area contributed by atoms with Crippen molar-refractivity contribution in [1.82, 2.24) is 0 Å². The van der Waals surface area contributed by atoms with E-state index < -0.39 is 16.2 Å². The minimum atomic E-state index is -0.637. The summed E-state index contributed by atoms with van der Waals surface area (Å²) in [5.41, 5.74) is 38.4. The molecule has 0 saturated carbocycles. The molecule has 2 aliphatic heterocycles. The maximum absolute atomic E-state index is 2.60. The van der Waals surface area contributed by atoms with Gasteiger partial charge in [-0.2, -0.15) is 0 Å². The van der Waals surface area contributed by atoms with E-state index in [0.717, 1.165) is 11.4 Å². The van der Waals surface area contributed by atoms with Crippen LogP contribution in [-0.2, 0) is 16.2 Å². The molecular formula is C101H62N2. The van der Waals surface area contributed by atoms with Gasteiger partial charge in [-0.1, -0.05) is 322 Å². The Kier molecular flexibility index (Phi) is 11.5. The number of rotatable bonds is 5. The second kappa shape index (κ2) is 21.0. The van der Waals surface area contributed by atoms with Crippen molar-refractivity contribution in [3.63, 3.8) is 0 Å². The summed E-state index contributed by atoms with van der Waals surface area (Å²) in [5, 5.41) is 4.85. The molecule has 2 heteroatoms. The molecule has 2 heterocycles. The number of nitrogens with zero attached hydrogens (tertiary/aromatic N) is 2. The molecule has 17 aromatic carbocycles. The molecule has 0 N–H and O–H groups in total. The summed E-state index contributed by atoms with van der Waals surface area (Å²) in [5.74, 6) is 0. The van der Waals surface area contributed by atoms with Crippen LogP contribution < -0.4 is 9.80 Å². The van der Waals surface area contributed by atoms with Crippen molar-refractivity contribution >= 4 is 55.7 Å². The number of benzene rings is 17. The fraction of sp³-hybridized carbons (Fsp3) is 0.0297. The van der Waals surface area contributed by atoms with Crippen LogP contribution in [-0.4, -0.2) is 0 Å². The Morgan fingerprint density at radius 2 is 0.388 bits per heavy atom. The fourth-order valence-electron chi connectivity index (χ4n) is 20.7. The Morgan fingerprint density at radius 3 is 0.757 bits per heavy atom. The second-order valence-corrected chi connectivity index (χ2v) is 28.6. The number of anilines is 6. The SMILES string of the molecule is c1ccc(N2c3ccccc3C3(c4ccccc4-c4c(-c5cccc6c(-c7cccc8c7-c7ccccc7C87c8ccccc8-c8ccccc87)c7cccc(-c8cccc9c8-c8ccccc8C98c9ccccc9N(c9ccccc9)c9ccccc98)c7cc56)cccc43)c3ccccc32)cc1. The van der Waals surface area contributed by atoms with Crippen LogP contribution in [0.25, 0.3) is 99.4 Å². The highest BCUT2D eigenvalue weighted by Crippen LogP contribution is 2.69. The number of para-hydroxylation sites is 6. The summed E-state index contributed by atoms with van der Waals surface area (Å²) in [7, 11) is 0. The van der Waals surface area contributed by atoms with E-state index in [2.05, 4.69) is 386 Å². The van der Waals surface area contributed by atoms with Crippen LogP contribution in [0.1, 0.15) is 66.8 Å². The second-order valence-electron chi connectivity index (χ2n) is 28.6. The molecule has 23 rings (SSSR count). The van der Waals surface area contributed by atoms with Gasteiger partial charge in [0.25, 0.3) is 0 Å². The van der Waals surface area contributed by atoms with Gasteiger partial charge in [0.1, 0.15) is 0 Å². The third kappa shape index (κ3) is 7.07. The van der Waals surface area contributed by atoms with Crippen LogP contribution in [0.5, 0.6) is 0 Å². The Morgan fingerprint density at radius 1 is 0.146 bits per heavy atom. The molecule has 0 fully saturated rings. The first-order chi connectivity index (χ1) is 51.2. The van der Waals surface area contributed by atoms with Gasteiger partial charge in [-0.3, -0.25) is 0 Å². The maximum atomic E-state index is 2.60. The van der Waals surface area contributed by atoms with E-state index in [-0.39, 0.29) is 0 Å². The molecule has 0 bridgehead atoms. The van der Waals surface area contributed by atoms with E-state index in [4.69, 9.17) is 0 Å². The van der Waals surface area contributed by atoms with Crippen LogP contribution in [0, 0.1) is 0 Å². The van der Waals surface area contributed by atoms with Gasteiger partial charge in [0.15, 0.2) is 0 Å². The molecule has 0 atom stereocenters. The van der Waals surface area contributed by atoms with E-state index in [1.165, 1.54) is 189 Å². The van der Waals surface area contributed by atoms with Gasteiger partial charge in [-0.15, -0.1) is 0 Å². The highest BCUT2D eigenvalue weighted by Gasteiger charge is 2.56. The highest BCUT2D eigenvalue weighted by atomic mass is 15.2. The lowest BCUT2D eigenvalue weighted by molar-refractivity contribution is 0.753. The van der Waals surface area contributed by atoms with Crippen LogP contribution in [0.4, 0.5) is 34.1 Å². The molecule has 0 unspecified atom stereocenters. The first kappa shape index (κ1) is 56.7. The maximum Gasteiger partial charge on any atom is 0.0754 e. The lowest BCUT2D eigenvalue weighted by Gasteiger charge is -2.45. The molecule has 476 valence electrons. The van der Waals surface area contributed by atoms with Gasteiger partial charge in [0.05, 0.1) is 39.0 Å². The summed E-state index contributed by atoms with van der Waals surface area (Å²) < 4.78 is 0. The molecule has 0 aromatic heterocycles. The number of hydrogen-bond acceptors (Lipinski definition) is 2. The molecule has 6 aliphatic rings. The van der Waals surface area contributed by atoms with Crippen LogP contribution in [0.2, 0.25) is 0 Å². The lowest BCUT2D eigenvalue weighted by atomic mass is 9.64. The van der Waals surface area contributed by atoms with Gasteiger partial charge in [0.2, 0.25) is 0 Å². The number of fused-ring (bicyclic) bond motifs is 30. The predicted octanol–water partition coefficient (Wildman–Crippen LogP) is 25.6. The average Bonchev–Trinajstić information content (AvgIpc) is 1.56. The summed E-state index contributed by atoms with van der Waals surface area (Å²) in [6.45, 7) is 0. The molecule has 103 heavy (non-hydrogen) atoms. The monoisotopic (exact) mass is 1300 g/mol. The van der Waals surface area contributed by atoms with Crippen molar-refractivity contribution in [1.29, 1.82) is 0 Å². The minimum Gasteiger partial charge on any atom is -0.310 e. The molecule has 17 aromatic rings. The summed E-state index contributed by atoms with van der Waals surface area (Å²) in [6, 6.07) is 144. The minimum absolute atomic E-state index is 0.531. The van der Waals surface area contributed by atoms with Gasteiger partial charge in [0, 0.05) is 11.4 Å². The third-order valence-electron chi connectivity index (χ3n) is 24.3. The predicted molar refractivity (Wildman–Crippen MR) is 425 cm³/mol. The van der Waals surface area contributed by atoms with E-state index in [1.54, 1.807) is 0 Å². The molecule has 0 amide bonds. The van der Waals surface area contributed by atoms with Crippen molar-refractivity contribution in [3.05, 3.63) is 443 Å². The van der Waals surface area contributed by atoms with E-state index in [1.807, 2.05) is 0 Å². The fourth-order valence-corrected chi connectivity index (χ4v) is 20.7. The van der Waals surface area contributed by atoms with Crippen LogP contribution in [0.15, 0.2) is 376 Å². The van der Waals surface area contributed by atoms with Gasteiger partial charge >= 0.3 is 0 Å². The van der Waals surface area contributed by atoms with Gasteiger partial charge in [-0.05, 0) is 221 Å². The molecule has 3 spiro atoms. The van der Waals surface area contributed by atoms with E-state index >= 15 is 0 Å². The number of hydrogen-bond donors (Lipinski definition) is 0. The molecule has 2 nitrogen and oxygen atoms in total. The van der Waals surface area contributed by atoms with E-state index in [0.29, 0.717) is 0 Å². The zero-order chi connectivity index (χ0) is 67.3. The largest absolute Gasteiger partial charge is 0.310 e. The summed E-state index contributed by atoms with van der Waals surface area (Å²) in [4.78, 5) is 4.96. The molecule has 0 saturated heterocycles. The van der Waals surface area contributed by atoms with Crippen molar-refractivity contribution in [2.75, 3.05) is 9.80 Å². The standard InChI is InChI=1S/C101H62N2/c1-3-30-63(31-4-1)102-91-58-21-17-51-84(91)100(85-52-18-22-59-92(85)102)82-49-15-9-36-73(82)96-69(43-27-55-88(96)100)65-39-25-41-71-77(65)62-78-66(40-26-42-72(78)95(71)76-45-29-57-90-98(76)75-38-11-14-48-81(75)99(90)79-46-12-7-34-67(79)68-35-8-13-47-80(68)99)70-44-28-56-89-97(70)74-37-10-16-50-83(74)101(89)86-53-19-23-60-93(86)103(64-32-5-2-6-33-64)94-61-24-20-54-87(94)101/h1-62H. The Hall–Kier alpha value is -13.1. The highest BCUT2D eigenvalue weighted by molar-refractivity contribution is 6.22. The topological polar surface area (TPSA) is 6.48 Å². The van der Waals surface area contributed by atoms with Crippen molar-refractivity contribution in [2.45, 2.75) is 16.2 Å². The zero-order valence-electron chi connectivity index (χ0n) is 56.2. The lowest BCUT2D eigenvalue weighted by Crippen LogP contribution is -2.36. The van der Waals surface area contributed by atoms with Crippen molar-refractivity contribution in [2.24, 2.45) is 0 Å². The Balaban J connectivity index is 0.826. The summed E-state index contributed by atoms with van der Waals surface area (Å²) in [6.07, 6.45) is 0. The molecule has 4 aliphatic carbocycles. The first-order valence-electron chi connectivity index (χ1n) is 36.2. The van der Waals surface area contributed by atoms with E-state index in [9.17, 15) is 0 Å². The first-order valence-corrected chi connectivity index (χ1v) is 36.2. The smallest absolute Gasteiger partial charge is 0.0754 e. The normalized spacial score (nSPS) is 14.6. The van der Waals surface area contributed by atoms with Gasteiger partial charge < -0.3 is 9.80 Å². The Bertz CT molecular complexity index is 6100. The zero-order valence-corrected chi connectivity index (χ0v) is 56.2.